The second kappa shape index (κ2) is 7.87. The monoisotopic (exact) mass is 377 g/mol. The first-order valence-corrected chi connectivity index (χ1v) is 9.05. The van der Waals surface area contributed by atoms with Crippen molar-refractivity contribution >= 4 is 27.5 Å². The lowest BCUT2D eigenvalue weighted by molar-refractivity contribution is -0.117. The van der Waals surface area contributed by atoms with Crippen LogP contribution in [-0.2, 0) is 14.8 Å². The quantitative estimate of drug-likeness (QED) is 0.664. The number of carbonyl (C=O) groups excluding carboxylic acids is 2. The number of aryl methyl sites for hydroxylation is 1. The van der Waals surface area contributed by atoms with Crippen molar-refractivity contribution in [1.29, 1.82) is 0 Å². The number of sulfonamides is 1. The molecule has 0 saturated carbocycles. The first kappa shape index (κ1) is 19.3. The van der Waals surface area contributed by atoms with Crippen LogP contribution < -0.4 is 20.5 Å². The fourth-order valence-electron chi connectivity index (χ4n) is 2.15. The van der Waals surface area contributed by atoms with E-state index in [1.165, 1.54) is 25.3 Å². The SMILES string of the molecule is COc1ccc(NS(=O)(=O)c2ccc(C)c(C(=O)NCC(N)=O)c2)cc1. The fraction of sp³-hybridized carbons (Fsp3) is 0.176. The number of primary amides is 1. The molecule has 0 aliphatic carbocycles. The van der Waals surface area contributed by atoms with Crippen LogP contribution in [0, 0.1) is 6.92 Å². The van der Waals surface area contributed by atoms with E-state index in [1.54, 1.807) is 31.2 Å². The number of ether oxygens (including phenoxy) is 1. The number of nitrogens with two attached hydrogens (primary N) is 1. The van der Waals surface area contributed by atoms with E-state index in [4.69, 9.17) is 10.5 Å². The van der Waals surface area contributed by atoms with E-state index < -0.39 is 21.8 Å². The number of hydrogen-bond acceptors (Lipinski definition) is 5. The Kier molecular flexibility index (Phi) is 5.83. The normalized spacial score (nSPS) is 10.8. The van der Waals surface area contributed by atoms with Gasteiger partial charge >= 0.3 is 0 Å². The number of anilines is 1. The van der Waals surface area contributed by atoms with Crippen LogP contribution in [0.2, 0.25) is 0 Å². The van der Waals surface area contributed by atoms with Gasteiger partial charge in [-0.3, -0.25) is 14.3 Å². The molecular weight excluding hydrogens is 358 g/mol. The molecule has 0 heterocycles. The van der Waals surface area contributed by atoms with E-state index in [0.717, 1.165) is 0 Å². The number of rotatable bonds is 7. The molecule has 2 aromatic carbocycles. The van der Waals surface area contributed by atoms with Gasteiger partial charge in [0.25, 0.3) is 15.9 Å². The molecule has 0 fully saturated rings. The zero-order valence-corrected chi connectivity index (χ0v) is 15.1. The maximum absolute atomic E-state index is 12.6. The number of carbonyl (C=O) groups is 2. The van der Waals surface area contributed by atoms with Crippen molar-refractivity contribution in [2.45, 2.75) is 11.8 Å². The molecule has 0 spiro atoms. The second-order valence-corrected chi connectivity index (χ2v) is 7.14. The predicted octanol–water partition coefficient (Wildman–Crippen LogP) is 1.02. The van der Waals surface area contributed by atoms with Crippen molar-refractivity contribution in [1.82, 2.24) is 5.32 Å². The number of methoxy groups -OCH3 is 1. The molecular formula is C17H19N3O5S. The van der Waals surface area contributed by atoms with Crippen LogP contribution in [0.25, 0.3) is 0 Å². The van der Waals surface area contributed by atoms with Gasteiger partial charge in [-0.25, -0.2) is 8.42 Å². The molecule has 0 aliphatic heterocycles. The third-order valence-electron chi connectivity index (χ3n) is 3.53. The minimum absolute atomic E-state index is 0.0804. The van der Waals surface area contributed by atoms with Crippen molar-refractivity contribution in [3.8, 4) is 5.75 Å². The van der Waals surface area contributed by atoms with Gasteiger partial charge in [-0.05, 0) is 48.9 Å². The number of benzene rings is 2. The maximum atomic E-state index is 12.6. The van der Waals surface area contributed by atoms with Crippen molar-refractivity contribution < 1.29 is 22.7 Å². The second-order valence-electron chi connectivity index (χ2n) is 5.46. The molecule has 9 heteroatoms. The Bertz CT molecular complexity index is 924. The van der Waals surface area contributed by atoms with Crippen LogP contribution in [0.1, 0.15) is 15.9 Å². The lowest BCUT2D eigenvalue weighted by Gasteiger charge is -2.12. The highest BCUT2D eigenvalue weighted by Crippen LogP contribution is 2.21. The minimum Gasteiger partial charge on any atom is -0.497 e. The highest BCUT2D eigenvalue weighted by Gasteiger charge is 2.18. The minimum atomic E-state index is -3.90. The molecule has 0 aliphatic rings. The maximum Gasteiger partial charge on any atom is 0.261 e. The highest BCUT2D eigenvalue weighted by molar-refractivity contribution is 7.92. The summed E-state index contributed by atoms with van der Waals surface area (Å²) in [5, 5.41) is 2.34. The molecule has 2 aromatic rings. The first-order chi connectivity index (χ1) is 12.2. The van der Waals surface area contributed by atoms with Crippen LogP contribution in [0.3, 0.4) is 0 Å². The molecule has 0 bridgehead atoms. The molecule has 0 unspecified atom stereocenters. The third-order valence-corrected chi connectivity index (χ3v) is 4.91. The van der Waals surface area contributed by atoms with Crippen LogP contribution in [0.15, 0.2) is 47.4 Å². The lowest BCUT2D eigenvalue weighted by atomic mass is 10.1. The summed E-state index contributed by atoms with van der Waals surface area (Å²) < 4.78 is 32.6. The highest BCUT2D eigenvalue weighted by atomic mass is 32.2. The van der Waals surface area contributed by atoms with E-state index in [2.05, 4.69) is 10.0 Å². The smallest absolute Gasteiger partial charge is 0.261 e. The molecule has 26 heavy (non-hydrogen) atoms. The molecule has 0 saturated heterocycles. The number of hydrogen-bond donors (Lipinski definition) is 3. The number of amides is 2. The largest absolute Gasteiger partial charge is 0.497 e. The Morgan fingerprint density at radius 2 is 1.77 bits per heavy atom. The standard InChI is InChI=1S/C17H19N3O5S/c1-11-3-8-14(9-15(11)17(22)19-10-16(18)21)26(23,24)20-12-4-6-13(25-2)7-5-12/h3-9,20H,10H2,1-2H3,(H2,18,21)(H,19,22). The van der Waals surface area contributed by atoms with Gasteiger partial charge in [0.15, 0.2) is 0 Å². The molecule has 4 N–H and O–H groups in total. The lowest BCUT2D eigenvalue weighted by Crippen LogP contribution is -2.33. The Hall–Kier alpha value is -3.07. The van der Waals surface area contributed by atoms with Gasteiger partial charge in [0.1, 0.15) is 5.75 Å². The zero-order chi connectivity index (χ0) is 19.3. The van der Waals surface area contributed by atoms with Gasteiger partial charge in [0.2, 0.25) is 5.91 Å². The van der Waals surface area contributed by atoms with Crippen LogP contribution in [0.5, 0.6) is 5.75 Å². The van der Waals surface area contributed by atoms with E-state index >= 15 is 0 Å². The molecule has 138 valence electrons. The molecule has 0 atom stereocenters. The molecule has 0 aromatic heterocycles. The Balaban J connectivity index is 2.27. The van der Waals surface area contributed by atoms with E-state index in [9.17, 15) is 18.0 Å². The number of nitrogens with one attached hydrogen (secondary N) is 2. The third kappa shape index (κ3) is 4.73. The summed E-state index contributed by atoms with van der Waals surface area (Å²) in [6.07, 6.45) is 0. The average Bonchev–Trinajstić information content (AvgIpc) is 2.60. The van der Waals surface area contributed by atoms with Crippen LogP contribution in [0.4, 0.5) is 5.69 Å². The summed E-state index contributed by atoms with van der Waals surface area (Å²) in [6.45, 7) is 1.33. The predicted molar refractivity (Wildman–Crippen MR) is 96.5 cm³/mol. The van der Waals surface area contributed by atoms with Gasteiger partial charge in [-0.1, -0.05) is 6.07 Å². The Morgan fingerprint density at radius 3 is 2.35 bits per heavy atom. The molecule has 8 nitrogen and oxygen atoms in total. The van der Waals surface area contributed by atoms with Gasteiger partial charge in [0, 0.05) is 11.3 Å². The van der Waals surface area contributed by atoms with Gasteiger partial charge < -0.3 is 15.8 Å². The summed E-state index contributed by atoms with van der Waals surface area (Å²) in [5.74, 6) is -0.680. The van der Waals surface area contributed by atoms with Crippen molar-refractivity contribution in [2.24, 2.45) is 5.73 Å². The van der Waals surface area contributed by atoms with E-state index in [1.807, 2.05) is 0 Å². The van der Waals surface area contributed by atoms with Gasteiger partial charge in [-0.15, -0.1) is 0 Å². The van der Waals surface area contributed by atoms with Crippen molar-refractivity contribution in [2.75, 3.05) is 18.4 Å². The summed E-state index contributed by atoms with van der Waals surface area (Å²) >= 11 is 0. The van der Waals surface area contributed by atoms with Crippen LogP contribution >= 0.6 is 0 Å². The Morgan fingerprint density at radius 1 is 1.12 bits per heavy atom. The average molecular weight is 377 g/mol. The van der Waals surface area contributed by atoms with Crippen LogP contribution in [-0.4, -0.2) is 33.9 Å². The summed E-state index contributed by atoms with van der Waals surface area (Å²) in [7, 11) is -2.39. The van der Waals surface area contributed by atoms with Gasteiger partial charge in [-0.2, -0.15) is 0 Å². The molecule has 0 radical (unpaired) electrons. The zero-order valence-electron chi connectivity index (χ0n) is 14.3. The summed E-state index contributed by atoms with van der Waals surface area (Å²) in [4.78, 5) is 22.8. The van der Waals surface area contributed by atoms with E-state index in [0.29, 0.717) is 17.0 Å². The van der Waals surface area contributed by atoms with Crippen molar-refractivity contribution in [3.63, 3.8) is 0 Å². The summed E-state index contributed by atoms with van der Waals surface area (Å²) in [5.41, 5.74) is 6.05. The molecule has 2 amide bonds. The van der Waals surface area contributed by atoms with E-state index in [-0.39, 0.29) is 17.0 Å². The Labute approximate surface area is 151 Å². The fourth-order valence-corrected chi connectivity index (χ4v) is 3.23. The topological polar surface area (TPSA) is 128 Å². The first-order valence-electron chi connectivity index (χ1n) is 7.57. The van der Waals surface area contributed by atoms with Crippen molar-refractivity contribution in [3.05, 3.63) is 53.6 Å². The van der Waals surface area contributed by atoms with Gasteiger partial charge in [0.05, 0.1) is 18.6 Å². The molecule has 2 rings (SSSR count). The summed E-state index contributed by atoms with van der Waals surface area (Å²) in [6, 6.07) is 10.5.